The van der Waals surface area contributed by atoms with Crippen LogP contribution in [-0.2, 0) is 14.1 Å². The molecule has 1 rings (SSSR count). The fraction of sp³-hybridized carbons (Fsp3) is 0.556. The van der Waals surface area contributed by atoms with Gasteiger partial charge in [0.2, 0.25) is 11.5 Å². The number of rotatable bonds is 2. The third kappa shape index (κ3) is 1.32. The Morgan fingerprint density at radius 3 is 2.46 bits per heavy atom. The molecule has 0 aromatic carbocycles. The standard InChI is InChI=1S/C9H14N2O2/c1-5-7(12)8-9(13)11(4)6(2)10(8)3/h5H2,1-4H3. The van der Waals surface area contributed by atoms with Crippen LogP contribution in [0.25, 0.3) is 0 Å². The van der Waals surface area contributed by atoms with E-state index in [1.54, 1.807) is 25.6 Å². The van der Waals surface area contributed by atoms with E-state index in [9.17, 15) is 9.90 Å². The smallest absolute Gasteiger partial charge is 0.252 e. The van der Waals surface area contributed by atoms with Gasteiger partial charge in [-0.25, -0.2) is 9.13 Å². The summed E-state index contributed by atoms with van der Waals surface area (Å²) in [6, 6.07) is 0. The van der Waals surface area contributed by atoms with Crippen LogP contribution in [-0.4, -0.2) is 10.4 Å². The lowest BCUT2D eigenvalue weighted by Gasteiger charge is -2.01. The Labute approximate surface area is 77.4 Å². The molecule has 1 aromatic heterocycles. The van der Waals surface area contributed by atoms with Gasteiger partial charge in [0.05, 0.1) is 14.1 Å². The van der Waals surface area contributed by atoms with Crippen LogP contribution in [0.2, 0.25) is 0 Å². The molecule has 0 amide bonds. The normalized spacial score (nSPS) is 10.5. The average molecular weight is 182 g/mol. The van der Waals surface area contributed by atoms with Gasteiger partial charge < -0.3 is 5.11 Å². The minimum atomic E-state index is -0.202. The van der Waals surface area contributed by atoms with Gasteiger partial charge in [-0.3, -0.25) is 4.79 Å². The molecule has 0 spiro atoms. The molecular formula is C9H14N2O2. The number of carbonyl (C=O) groups excluding carboxylic acids is 1. The number of nitrogens with zero attached hydrogens (tertiary/aromatic N) is 2. The van der Waals surface area contributed by atoms with Gasteiger partial charge >= 0.3 is 0 Å². The van der Waals surface area contributed by atoms with E-state index < -0.39 is 0 Å². The molecule has 13 heavy (non-hydrogen) atoms. The van der Waals surface area contributed by atoms with Crippen LogP contribution in [0.4, 0.5) is 0 Å². The topological polar surface area (TPSA) is 48.9 Å². The van der Waals surface area contributed by atoms with Crippen LogP contribution in [0.15, 0.2) is 0 Å². The number of ketones is 1. The first-order valence-electron chi connectivity index (χ1n) is 4.26. The zero-order chi connectivity index (χ0) is 10.2. The quantitative estimate of drug-likeness (QED) is 0.470. The van der Waals surface area contributed by atoms with Crippen LogP contribution in [0.5, 0.6) is 5.88 Å². The Morgan fingerprint density at radius 2 is 2.15 bits per heavy atom. The van der Waals surface area contributed by atoms with Crippen molar-refractivity contribution >= 4 is 5.78 Å². The Kier molecular flexibility index (Phi) is 2.40. The summed E-state index contributed by atoms with van der Waals surface area (Å²) in [5.74, 6) is 0.491. The van der Waals surface area contributed by atoms with Crippen molar-refractivity contribution < 1.29 is 14.5 Å². The summed E-state index contributed by atoms with van der Waals surface area (Å²) in [6.45, 7) is 3.57. The van der Waals surface area contributed by atoms with E-state index in [4.69, 9.17) is 0 Å². The summed E-state index contributed by atoms with van der Waals surface area (Å²) in [5, 5.41) is 11.5. The van der Waals surface area contributed by atoms with E-state index in [1.807, 2.05) is 6.92 Å². The van der Waals surface area contributed by atoms with Gasteiger partial charge in [-0.2, -0.15) is 0 Å². The number of carbonyl (C=O) groups is 1. The lowest BCUT2D eigenvalue weighted by atomic mass is 10.2. The van der Waals surface area contributed by atoms with Gasteiger partial charge in [-0.15, -0.1) is 0 Å². The minimum Gasteiger partial charge on any atom is -0.839 e. The summed E-state index contributed by atoms with van der Waals surface area (Å²) < 4.78 is 3.14. The largest absolute Gasteiger partial charge is 0.839 e. The Hall–Kier alpha value is -1.32. The second-order valence-corrected chi connectivity index (χ2v) is 3.10. The Morgan fingerprint density at radius 1 is 1.62 bits per heavy atom. The van der Waals surface area contributed by atoms with Crippen molar-refractivity contribution in [3.8, 4) is 5.88 Å². The third-order valence-electron chi connectivity index (χ3n) is 2.40. The maximum absolute atomic E-state index is 11.5. The molecule has 0 fully saturated rings. The molecular weight excluding hydrogens is 168 g/mol. The van der Waals surface area contributed by atoms with E-state index in [0.29, 0.717) is 6.42 Å². The highest BCUT2D eigenvalue weighted by Crippen LogP contribution is 2.12. The number of imidazole rings is 1. The highest BCUT2D eigenvalue weighted by molar-refractivity contribution is 5.95. The van der Waals surface area contributed by atoms with E-state index in [1.165, 1.54) is 4.57 Å². The van der Waals surface area contributed by atoms with Crippen molar-refractivity contribution in [3.05, 3.63) is 11.5 Å². The maximum Gasteiger partial charge on any atom is 0.252 e. The highest BCUT2D eigenvalue weighted by atomic mass is 16.3. The van der Waals surface area contributed by atoms with Gasteiger partial charge in [0, 0.05) is 13.3 Å². The van der Waals surface area contributed by atoms with Gasteiger partial charge in [0.1, 0.15) is 5.88 Å². The lowest BCUT2D eigenvalue weighted by Crippen LogP contribution is -2.33. The first-order chi connectivity index (χ1) is 6.00. The van der Waals surface area contributed by atoms with Crippen molar-refractivity contribution in [1.29, 1.82) is 0 Å². The monoisotopic (exact) mass is 182 g/mol. The molecule has 72 valence electrons. The fourth-order valence-electron chi connectivity index (χ4n) is 1.31. The highest BCUT2D eigenvalue weighted by Gasteiger charge is 2.21. The minimum absolute atomic E-state index is 0.101. The van der Waals surface area contributed by atoms with Crippen molar-refractivity contribution in [3.63, 3.8) is 0 Å². The maximum atomic E-state index is 11.5. The molecule has 0 atom stereocenters. The number of Topliss-reactive ketones (excluding diaryl/α,β-unsaturated/α-hetero) is 1. The van der Waals surface area contributed by atoms with Crippen LogP contribution < -0.4 is 9.67 Å². The molecule has 1 heterocycles. The Bertz CT molecular complexity index is 327. The number of aromatic nitrogens is 2. The molecule has 0 bridgehead atoms. The lowest BCUT2D eigenvalue weighted by molar-refractivity contribution is -0.717. The fourth-order valence-corrected chi connectivity index (χ4v) is 1.31. The van der Waals surface area contributed by atoms with Gasteiger partial charge in [0.25, 0.3) is 5.82 Å². The summed E-state index contributed by atoms with van der Waals surface area (Å²) >= 11 is 0. The van der Waals surface area contributed by atoms with E-state index in [-0.39, 0.29) is 17.4 Å². The molecule has 4 heteroatoms. The predicted octanol–water partition coefficient (Wildman–Crippen LogP) is -0.176. The second-order valence-electron chi connectivity index (χ2n) is 3.10. The SMILES string of the molecule is CCC(=O)c1c([O-])[n+](C)c(C)n1C. The van der Waals surface area contributed by atoms with Crippen LogP contribution >= 0.6 is 0 Å². The van der Waals surface area contributed by atoms with Crippen LogP contribution in [0.1, 0.15) is 29.7 Å². The van der Waals surface area contributed by atoms with Crippen molar-refractivity contribution in [2.75, 3.05) is 0 Å². The van der Waals surface area contributed by atoms with Crippen molar-refractivity contribution in [1.82, 2.24) is 4.57 Å². The van der Waals surface area contributed by atoms with Crippen molar-refractivity contribution in [2.24, 2.45) is 14.1 Å². The van der Waals surface area contributed by atoms with Crippen LogP contribution in [0, 0.1) is 6.92 Å². The summed E-state index contributed by atoms with van der Waals surface area (Å²) in [7, 11) is 3.41. The van der Waals surface area contributed by atoms with Crippen molar-refractivity contribution in [2.45, 2.75) is 20.3 Å². The molecule has 0 saturated carbocycles. The predicted molar refractivity (Wildman–Crippen MR) is 45.4 cm³/mol. The zero-order valence-corrected chi connectivity index (χ0v) is 8.42. The van der Waals surface area contributed by atoms with Crippen LogP contribution in [0.3, 0.4) is 0 Å². The first-order valence-corrected chi connectivity index (χ1v) is 4.26. The molecule has 4 nitrogen and oxygen atoms in total. The molecule has 0 aliphatic rings. The van der Waals surface area contributed by atoms with E-state index in [2.05, 4.69) is 0 Å². The molecule has 0 aliphatic heterocycles. The van der Waals surface area contributed by atoms with Gasteiger partial charge in [0.15, 0.2) is 0 Å². The first kappa shape index (κ1) is 9.77. The second kappa shape index (κ2) is 3.20. The molecule has 0 unspecified atom stereocenters. The average Bonchev–Trinajstić information content (AvgIpc) is 2.30. The number of hydrogen-bond donors (Lipinski definition) is 0. The van der Waals surface area contributed by atoms with E-state index in [0.717, 1.165) is 5.82 Å². The number of hydrogen-bond acceptors (Lipinski definition) is 2. The van der Waals surface area contributed by atoms with Gasteiger partial charge in [-0.05, 0) is 0 Å². The summed E-state index contributed by atoms with van der Waals surface area (Å²) in [5.41, 5.74) is 0.280. The molecule has 0 N–H and O–H groups in total. The summed E-state index contributed by atoms with van der Waals surface area (Å²) in [6.07, 6.45) is 0.368. The zero-order valence-electron chi connectivity index (χ0n) is 8.42. The molecule has 0 saturated heterocycles. The Balaban J connectivity index is 3.37. The van der Waals surface area contributed by atoms with E-state index >= 15 is 0 Å². The summed E-state index contributed by atoms with van der Waals surface area (Å²) in [4.78, 5) is 11.4. The third-order valence-corrected chi connectivity index (χ3v) is 2.40. The molecule has 0 radical (unpaired) electrons. The molecule has 1 aromatic rings. The molecule has 0 aliphatic carbocycles. The van der Waals surface area contributed by atoms with Gasteiger partial charge in [-0.1, -0.05) is 6.92 Å².